The fourth-order valence-corrected chi connectivity index (χ4v) is 5.11. The van der Waals surface area contributed by atoms with Gasteiger partial charge in [0.2, 0.25) is 5.91 Å². The number of amides is 2. The molecular formula is C29H27Cl2N5O3. The molecule has 8 nitrogen and oxygen atoms in total. The van der Waals surface area contributed by atoms with E-state index >= 15 is 0 Å². The quantitative estimate of drug-likeness (QED) is 0.291. The van der Waals surface area contributed by atoms with Crippen LogP contribution in [0.2, 0.25) is 10.0 Å². The van der Waals surface area contributed by atoms with Crippen LogP contribution in [0.3, 0.4) is 0 Å². The standard InChI is InChI=1S/C29H27Cl2N5O3/c1-20(21-6-3-2-4-7-21)36(29(38)26-8-5-17-39-26)19-28(37)35-15-13-34(14-16-35)27-12-11-25(32-33-27)23-10-9-22(30)18-24(23)31/h2-12,17-18,20H,13-16,19H2,1H3/t20-/m1/s1. The Morgan fingerprint density at radius 3 is 2.36 bits per heavy atom. The molecule has 5 rings (SSSR count). The Labute approximate surface area is 236 Å². The zero-order valence-corrected chi connectivity index (χ0v) is 22.8. The van der Waals surface area contributed by atoms with Crippen LogP contribution in [-0.4, -0.2) is 64.5 Å². The summed E-state index contributed by atoms with van der Waals surface area (Å²) in [7, 11) is 0. The Morgan fingerprint density at radius 1 is 0.949 bits per heavy atom. The van der Waals surface area contributed by atoms with Crippen molar-refractivity contribution >= 4 is 40.8 Å². The molecule has 1 fully saturated rings. The molecule has 2 amide bonds. The molecule has 1 atom stereocenters. The van der Waals surface area contributed by atoms with Crippen molar-refractivity contribution in [3.8, 4) is 11.3 Å². The first-order valence-electron chi connectivity index (χ1n) is 12.6. The fraction of sp³-hybridized carbons (Fsp3) is 0.241. The summed E-state index contributed by atoms with van der Waals surface area (Å²) < 4.78 is 5.35. The predicted octanol–water partition coefficient (Wildman–Crippen LogP) is 5.60. The Balaban J connectivity index is 1.23. The molecule has 2 aromatic carbocycles. The molecule has 0 aliphatic carbocycles. The van der Waals surface area contributed by atoms with Crippen molar-refractivity contribution in [3.63, 3.8) is 0 Å². The minimum atomic E-state index is -0.320. The van der Waals surface area contributed by atoms with E-state index in [1.165, 1.54) is 6.26 Å². The summed E-state index contributed by atoms with van der Waals surface area (Å²) in [6, 6.07) is 21.7. The number of anilines is 1. The van der Waals surface area contributed by atoms with Crippen molar-refractivity contribution < 1.29 is 14.0 Å². The lowest BCUT2D eigenvalue weighted by Gasteiger charge is -2.37. The van der Waals surface area contributed by atoms with Crippen LogP contribution in [0.4, 0.5) is 5.82 Å². The second-order valence-corrected chi connectivity index (χ2v) is 10.1. The SMILES string of the molecule is C[C@H](c1ccccc1)N(CC(=O)N1CCN(c2ccc(-c3ccc(Cl)cc3Cl)nn2)CC1)C(=O)c1ccco1. The second kappa shape index (κ2) is 11.9. The van der Waals surface area contributed by atoms with Gasteiger partial charge in [-0.05, 0) is 55.0 Å². The van der Waals surface area contributed by atoms with E-state index in [0.717, 1.165) is 16.9 Å². The monoisotopic (exact) mass is 563 g/mol. The molecule has 0 saturated carbocycles. The largest absolute Gasteiger partial charge is 0.459 e. The van der Waals surface area contributed by atoms with E-state index in [1.807, 2.05) is 55.5 Å². The van der Waals surface area contributed by atoms with Crippen LogP contribution in [0.5, 0.6) is 0 Å². The maximum atomic E-state index is 13.4. The molecular weight excluding hydrogens is 537 g/mol. The number of carbonyl (C=O) groups is 2. The minimum Gasteiger partial charge on any atom is -0.459 e. The Morgan fingerprint density at radius 2 is 1.72 bits per heavy atom. The topological polar surface area (TPSA) is 82.8 Å². The van der Waals surface area contributed by atoms with E-state index in [1.54, 1.807) is 34.1 Å². The number of nitrogens with zero attached hydrogens (tertiary/aromatic N) is 5. The average Bonchev–Trinajstić information content (AvgIpc) is 3.51. The zero-order chi connectivity index (χ0) is 27.4. The lowest BCUT2D eigenvalue weighted by molar-refractivity contribution is -0.132. The number of piperazine rings is 1. The number of benzene rings is 2. The van der Waals surface area contributed by atoms with Gasteiger partial charge in [0.15, 0.2) is 11.6 Å². The third-order valence-corrected chi connectivity index (χ3v) is 7.41. The number of halogens is 2. The van der Waals surface area contributed by atoms with Gasteiger partial charge in [-0.1, -0.05) is 53.5 Å². The lowest BCUT2D eigenvalue weighted by atomic mass is 10.1. The molecule has 0 N–H and O–H groups in total. The number of aromatic nitrogens is 2. The third-order valence-electron chi connectivity index (χ3n) is 6.86. The van der Waals surface area contributed by atoms with E-state index in [0.29, 0.717) is 41.9 Å². The van der Waals surface area contributed by atoms with Gasteiger partial charge in [0.1, 0.15) is 6.54 Å². The van der Waals surface area contributed by atoms with Gasteiger partial charge in [0, 0.05) is 36.8 Å². The van der Waals surface area contributed by atoms with Crippen molar-refractivity contribution in [2.24, 2.45) is 0 Å². The molecule has 10 heteroatoms. The molecule has 1 saturated heterocycles. The van der Waals surface area contributed by atoms with Crippen LogP contribution in [0, 0.1) is 0 Å². The number of furan rings is 1. The maximum absolute atomic E-state index is 13.4. The lowest BCUT2D eigenvalue weighted by Crippen LogP contribution is -2.52. The molecule has 1 aliphatic rings. The molecule has 0 bridgehead atoms. The van der Waals surface area contributed by atoms with Crippen molar-refractivity contribution in [2.75, 3.05) is 37.6 Å². The van der Waals surface area contributed by atoms with Crippen molar-refractivity contribution in [3.05, 3.63) is 100 Å². The van der Waals surface area contributed by atoms with Crippen molar-refractivity contribution in [1.29, 1.82) is 0 Å². The van der Waals surface area contributed by atoms with Crippen LogP contribution in [0.15, 0.2) is 83.5 Å². The summed E-state index contributed by atoms with van der Waals surface area (Å²) in [6.07, 6.45) is 1.46. The molecule has 200 valence electrons. The molecule has 39 heavy (non-hydrogen) atoms. The first kappa shape index (κ1) is 26.7. The first-order valence-corrected chi connectivity index (χ1v) is 13.4. The number of carbonyl (C=O) groups excluding carboxylic acids is 2. The summed E-state index contributed by atoms with van der Waals surface area (Å²) in [5.41, 5.74) is 2.36. The molecule has 0 radical (unpaired) electrons. The number of hydrogen-bond donors (Lipinski definition) is 0. The highest BCUT2D eigenvalue weighted by Gasteiger charge is 2.30. The third kappa shape index (κ3) is 6.08. The highest BCUT2D eigenvalue weighted by molar-refractivity contribution is 6.36. The van der Waals surface area contributed by atoms with Gasteiger partial charge in [-0.15, -0.1) is 10.2 Å². The molecule has 0 unspecified atom stereocenters. The first-order chi connectivity index (χ1) is 18.9. The molecule has 0 spiro atoms. The number of hydrogen-bond acceptors (Lipinski definition) is 6. The van der Waals surface area contributed by atoms with Crippen LogP contribution in [0.25, 0.3) is 11.3 Å². The summed E-state index contributed by atoms with van der Waals surface area (Å²) in [6.45, 7) is 4.08. The van der Waals surface area contributed by atoms with E-state index in [9.17, 15) is 9.59 Å². The van der Waals surface area contributed by atoms with Gasteiger partial charge in [0.25, 0.3) is 5.91 Å². The van der Waals surface area contributed by atoms with Gasteiger partial charge < -0.3 is 19.1 Å². The Kier molecular flexibility index (Phi) is 8.14. The summed E-state index contributed by atoms with van der Waals surface area (Å²) >= 11 is 12.3. The predicted molar refractivity (Wildman–Crippen MR) is 151 cm³/mol. The number of rotatable bonds is 7. The van der Waals surface area contributed by atoms with Crippen molar-refractivity contribution in [2.45, 2.75) is 13.0 Å². The van der Waals surface area contributed by atoms with Crippen LogP contribution in [-0.2, 0) is 4.79 Å². The van der Waals surface area contributed by atoms with Gasteiger partial charge >= 0.3 is 0 Å². The highest BCUT2D eigenvalue weighted by Crippen LogP contribution is 2.29. The summed E-state index contributed by atoms with van der Waals surface area (Å²) in [5.74, 6) is 0.496. The van der Waals surface area contributed by atoms with E-state index in [2.05, 4.69) is 15.1 Å². The van der Waals surface area contributed by atoms with Crippen LogP contribution < -0.4 is 4.90 Å². The Hall–Kier alpha value is -3.88. The summed E-state index contributed by atoms with van der Waals surface area (Å²) in [5, 5.41) is 9.80. The normalized spacial score (nSPS) is 14.2. The van der Waals surface area contributed by atoms with Crippen LogP contribution in [0.1, 0.15) is 29.1 Å². The fourth-order valence-electron chi connectivity index (χ4n) is 4.60. The molecule has 1 aliphatic heterocycles. The van der Waals surface area contributed by atoms with Gasteiger partial charge in [-0.2, -0.15) is 0 Å². The van der Waals surface area contributed by atoms with Gasteiger partial charge in [-0.3, -0.25) is 9.59 Å². The van der Waals surface area contributed by atoms with Crippen LogP contribution >= 0.6 is 23.2 Å². The zero-order valence-electron chi connectivity index (χ0n) is 21.3. The van der Waals surface area contributed by atoms with E-state index in [4.69, 9.17) is 27.6 Å². The maximum Gasteiger partial charge on any atom is 0.290 e. The Bertz CT molecular complexity index is 1420. The molecule has 2 aromatic heterocycles. The summed E-state index contributed by atoms with van der Waals surface area (Å²) in [4.78, 5) is 32.1. The minimum absolute atomic E-state index is 0.0497. The van der Waals surface area contributed by atoms with Crippen molar-refractivity contribution in [1.82, 2.24) is 20.0 Å². The van der Waals surface area contributed by atoms with E-state index in [-0.39, 0.29) is 30.2 Å². The van der Waals surface area contributed by atoms with Gasteiger partial charge in [0.05, 0.1) is 23.0 Å². The smallest absolute Gasteiger partial charge is 0.290 e. The molecule has 4 aromatic rings. The average molecular weight is 564 g/mol. The molecule has 3 heterocycles. The van der Waals surface area contributed by atoms with Gasteiger partial charge in [-0.25, -0.2) is 0 Å². The second-order valence-electron chi connectivity index (χ2n) is 9.27. The van der Waals surface area contributed by atoms with E-state index < -0.39 is 0 Å². The highest BCUT2D eigenvalue weighted by atomic mass is 35.5.